The molecule has 3 aromatic rings. The van der Waals surface area contributed by atoms with Crippen LogP contribution in [0.25, 0.3) is 11.0 Å². The first-order valence-corrected chi connectivity index (χ1v) is 9.19. The van der Waals surface area contributed by atoms with Crippen LogP contribution >= 0.6 is 12.4 Å². The lowest BCUT2D eigenvalue weighted by atomic mass is 10.0. The number of benzene rings is 1. The lowest BCUT2D eigenvalue weighted by Gasteiger charge is -2.16. The van der Waals surface area contributed by atoms with Crippen molar-refractivity contribution in [3.63, 3.8) is 0 Å². The monoisotopic (exact) mass is 399 g/mol. The molecule has 0 fully saturated rings. The van der Waals surface area contributed by atoms with Crippen LogP contribution in [-0.4, -0.2) is 22.0 Å². The number of carbonyl (C=O) groups excluding carboxylic acids is 1. The number of pyridine rings is 2. The molecule has 6 heteroatoms. The van der Waals surface area contributed by atoms with Gasteiger partial charge in [-0.1, -0.05) is 26.0 Å². The van der Waals surface area contributed by atoms with E-state index in [0.29, 0.717) is 22.8 Å². The summed E-state index contributed by atoms with van der Waals surface area (Å²) in [6.07, 6.45) is 1.33. The van der Waals surface area contributed by atoms with Gasteiger partial charge in [0.2, 0.25) is 0 Å². The molecule has 3 rings (SSSR count). The molecule has 0 aliphatic heterocycles. The summed E-state index contributed by atoms with van der Waals surface area (Å²) in [5, 5.41) is 4.19. The van der Waals surface area contributed by atoms with Crippen molar-refractivity contribution in [1.82, 2.24) is 9.97 Å². The summed E-state index contributed by atoms with van der Waals surface area (Å²) in [6.45, 7) is 9.88. The van der Waals surface area contributed by atoms with Gasteiger partial charge in [-0.3, -0.25) is 0 Å². The zero-order chi connectivity index (χ0) is 19.6. The fraction of sp³-hybridized carbons (Fsp3) is 0.318. The maximum Gasteiger partial charge on any atom is 0.342 e. The molecule has 0 aliphatic rings. The average molecular weight is 400 g/mol. The molecule has 0 spiro atoms. The van der Waals surface area contributed by atoms with Gasteiger partial charge < -0.3 is 10.1 Å². The molecule has 0 saturated carbocycles. The van der Waals surface area contributed by atoms with Gasteiger partial charge in [0.05, 0.1) is 11.8 Å². The van der Waals surface area contributed by atoms with Crippen molar-refractivity contribution in [3.8, 4) is 0 Å². The van der Waals surface area contributed by atoms with Gasteiger partial charge in [0.1, 0.15) is 5.56 Å². The van der Waals surface area contributed by atoms with E-state index in [2.05, 4.69) is 41.3 Å². The highest BCUT2D eigenvalue weighted by Crippen LogP contribution is 2.30. The summed E-state index contributed by atoms with van der Waals surface area (Å²) in [5.74, 6) is 0.0121. The average Bonchev–Trinajstić information content (AvgIpc) is 2.61. The number of nitrogens with one attached hydrogen (secondary N) is 1. The standard InChI is InChI=1S/C22H25N3O2.ClH/c1-13(2)16-7-6-8-17(11-16)25-20-18-10-9-15(5)24-21(18)23-12-19(20)22(26)27-14(3)4;/h6-14H,1-5H3,(H,23,24,25);1H. The number of esters is 1. The van der Waals surface area contributed by atoms with Crippen LogP contribution in [0.15, 0.2) is 42.6 Å². The molecule has 28 heavy (non-hydrogen) atoms. The number of nitrogens with zero attached hydrogens (tertiary/aromatic N) is 2. The van der Waals surface area contributed by atoms with Crippen molar-refractivity contribution >= 4 is 40.8 Å². The third-order valence-electron chi connectivity index (χ3n) is 4.25. The summed E-state index contributed by atoms with van der Waals surface area (Å²) in [6, 6.07) is 12.0. The molecule has 2 aromatic heterocycles. The molecule has 1 N–H and O–H groups in total. The maximum absolute atomic E-state index is 12.6. The molecule has 5 nitrogen and oxygen atoms in total. The minimum absolute atomic E-state index is 0. The van der Waals surface area contributed by atoms with Crippen LogP contribution in [0.2, 0.25) is 0 Å². The molecule has 0 unspecified atom stereocenters. The highest BCUT2D eigenvalue weighted by atomic mass is 35.5. The van der Waals surface area contributed by atoms with Gasteiger partial charge in [-0.2, -0.15) is 0 Å². The quantitative estimate of drug-likeness (QED) is 0.550. The molecule has 0 atom stereocenters. The Hall–Kier alpha value is -2.66. The number of carbonyl (C=O) groups is 1. The highest BCUT2D eigenvalue weighted by Gasteiger charge is 2.19. The largest absolute Gasteiger partial charge is 0.459 e. The summed E-state index contributed by atoms with van der Waals surface area (Å²) in [7, 11) is 0. The predicted molar refractivity (Wildman–Crippen MR) is 116 cm³/mol. The van der Waals surface area contributed by atoms with E-state index in [9.17, 15) is 4.79 Å². The van der Waals surface area contributed by atoms with Crippen LogP contribution in [-0.2, 0) is 4.74 Å². The van der Waals surface area contributed by atoms with E-state index in [-0.39, 0.29) is 18.5 Å². The van der Waals surface area contributed by atoms with Crippen molar-refractivity contribution in [2.24, 2.45) is 0 Å². The van der Waals surface area contributed by atoms with Crippen LogP contribution in [0.4, 0.5) is 11.4 Å². The van der Waals surface area contributed by atoms with Gasteiger partial charge in [0, 0.05) is 23.0 Å². The summed E-state index contributed by atoms with van der Waals surface area (Å²) < 4.78 is 5.41. The second-order valence-corrected chi connectivity index (χ2v) is 7.23. The molecule has 0 bridgehead atoms. The van der Waals surface area contributed by atoms with Crippen molar-refractivity contribution < 1.29 is 9.53 Å². The first-order valence-electron chi connectivity index (χ1n) is 9.19. The molecule has 0 amide bonds. The van der Waals surface area contributed by atoms with Gasteiger partial charge >= 0.3 is 5.97 Å². The van der Waals surface area contributed by atoms with Crippen LogP contribution in [0, 0.1) is 6.92 Å². The number of fused-ring (bicyclic) bond motifs is 1. The van der Waals surface area contributed by atoms with Crippen molar-refractivity contribution in [1.29, 1.82) is 0 Å². The smallest absolute Gasteiger partial charge is 0.342 e. The number of ether oxygens (including phenoxy) is 1. The lowest BCUT2D eigenvalue weighted by molar-refractivity contribution is 0.0379. The van der Waals surface area contributed by atoms with Crippen LogP contribution < -0.4 is 5.32 Å². The zero-order valence-corrected chi connectivity index (χ0v) is 17.6. The molecule has 0 saturated heterocycles. The molecular weight excluding hydrogens is 374 g/mol. The first-order chi connectivity index (χ1) is 12.8. The molecular formula is C22H26ClN3O2. The van der Waals surface area contributed by atoms with E-state index in [0.717, 1.165) is 16.8 Å². The number of aromatic nitrogens is 2. The zero-order valence-electron chi connectivity index (χ0n) is 16.8. The number of hydrogen-bond acceptors (Lipinski definition) is 5. The van der Waals surface area contributed by atoms with Crippen LogP contribution in [0.5, 0.6) is 0 Å². The number of anilines is 2. The van der Waals surface area contributed by atoms with Crippen LogP contribution in [0.3, 0.4) is 0 Å². The summed E-state index contributed by atoms with van der Waals surface area (Å²) in [4.78, 5) is 21.5. The third-order valence-corrected chi connectivity index (χ3v) is 4.25. The van der Waals surface area contributed by atoms with E-state index in [1.165, 1.54) is 11.8 Å². The molecule has 0 radical (unpaired) electrons. The molecule has 1 aromatic carbocycles. The van der Waals surface area contributed by atoms with E-state index >= 15 is 0 Å². The maximum atomic E-state index is 12.6. The Labute approximate surface area is 172 Å². The lowest BCUT2D eigenvalue weighted by Crippen LogP contribution is -2.14. The molecule has 2 heterocycles. The number of halogens is 1. The molecule has 148 valence electrons. The topological polar surface area (TPSA) is 64.1 Å². The van der Waals surface area contributed by atoms with Crippen molar-refractivity contribution in [2.75, 3.05) is 5.32 Å². The van der Waals surface area contributed by atoms with Gasteiger partial charge in [0.15, 0.2) is 5.65 Å². The Morgan fingerprint density at radius 2 is 1.86 bits per heavy atom. The van der Waals surface area contributed by atoms with Gasteiger partial charge in [0.25, 0.3) is 0 Å². The van der Waals surface area contributed by atoms with Gasteiger partial charge in [-0.15, -0.1) is 12.4 Å². The number of aryl methyl sites for hydroxylation is 1. The SMILES string of the molecule is Cc1ccc2c(Nc3cccc(C(C)C)c3)c(C(=O)OC(C)C)cnc2n1.Cl. The fourth-order valence-electron chi connectivity index (χ4n) is 2.86. The summed E-state index contributed by atoms with van der Waals surface area (Å²) in [5.41, 5.74) is 4.67. The van der Waals surface area contributed by atoms with Crippen LogP contribution in [0.1, 0.15) is 55.2 Å². The van der Waals surface area contributed by atoms with E-state index in [4.69, 9.17) is 4.74 Å². The Morgan fingerprint density at radius 3 is 2.54 bits per heavy atom. The minimum Gasteiger partial charge on any atom is -0.459 e. The normalized spacial score (nSPS) is 10.8. The van der Waals surface area contributed by atoms with Crippen molar-refractivity contribution in [2.45, 2.75) is 46.6 Å². The second-order valence-electron chi connectivity index (χ2n) is 7.23. The van der Waals surface area contributed by atoms with Crippen molar-refractivity contribution in [3.05, 3.63) is 59.4 Å². The number of hydrogen-bond donors (Lipinski definition) is 1. The Bertz CT molecular complexity index is 987. The number of rotatable bonds is 5. The van der Waals surface area contributed by atoms with E-state index in [1.807, 2.05) is 45.0 Å². The van der Waals surface area contributed by atoms with E-state index < -0.39 is 5.97 Å². The first kappa shape index (κ1) is 21.6. The predicted octanol–water partition coefficient (Wildman–Crippen LogP) is 5.79. The Kier molecular flexibility index (Phi) is 6.97. The Morgan fingerprint density at radius 1 is 1.11 bits per heavy atom. The Balaban J connectivity index is 0.00000280. The molecule has 0 aliphatic carbocycles. The fourth-order valence-corrected chi connectivity index (χ4v) is 2.86. The highest BCUT2D eigenvalue weighted by molar-refractivity contribution is 6.05. The van der Waals surface area contributed by atoms with Gasteiger partial charge in [-0.25, -0.2) is 14.8 Å². The minimum atomic E-state index is -0.400. The summed E-state index contributed by atoms with van der Waals surface area (Å²) >= 11 is 0. The second kappa shape index (κ2) is 9.02. The van der Waals surface area contributed by atoms with E-state index in [1.54, 1.807) is 0 Å². The van der Waals surface area contributed by atoms with Gasteiger partial charge in [-0.05, 0) is 56.5 Å². The third kappa shape index (κ3) is 4.78.